The number of aliphatic hydroxyl groups excluding tert-OH is 1. The zero-order valence-electron chi connectivity index (χ0n) is 14.8. The lowest BCUT2D eigenvalue weighted by Crippen LogP contribution is -2.52. The molecule has 1 aliphatic rings. The van der Waals surface area contributed by atoms with Gasteiger partial charge in [-0.25, -0.2) is 9.59 Å². The molecule has 1 aliphatic carbocycles. The minimum Gasteiger partial charge on any atom is -0.480 e. The Kier molecular flexibility index (Phi) is 6.33. The van der Waals surface area contributed by atoms with Crippen LogP contribution in [0.1, 0.15) is 56.8 Å². The molecule has 3 atom stereocenters. The fourth-order valence-corrected chi connectivity index (χ4v) is 2.94. The summed E-state index contributed by atoms with van der Waals surface area (Å²) in [5.41, 5.74) is 10.7. The number of primary amides is 1. The van der Waals surface area contributed by atoms with Crippen molar-refractivity contribution in [1.29, 1.82) is 0 Å². The van der Waals surface area contributed by atoms with Crippen LogP contribution in [0, 0.1) is 0 Å². The lowest BCUT2D eigenvalue weighted by Gasteiger charge is -2.20. The van der Waals surface area contributed by atoms with E-state index in [9.17, 15) is 19.5 Å². The van der Waals surface area contributed by atoms with E-state index >= 15 is 0 Å². The summed E-state index contributed by atoms with van der Waals surface area (Å²) in [5, 5.41) is 26.7. The molecule has 0 aliphatic heterocycles. The molecule has 0 radical (unpaired) electrons. The first-order chi connectivity index (χ1) is 12.6. The van der Waals surface area contributed by atoms with Gasteiger partial charge in [0.2, 0.25) is 11.8 Å². The predicted molar refractivity (Wildman–Crippen MR) is 90.0 cm³/mol. The smallest absolute Gasteiger partial charge is 0.328 e. The molecule has 0 aromatic carbocycles. The summed E-state index contributed by atoms with van der Waals surface area (Å²) in [6.45, 7) is 1.21. The van der Waals surface area contributed by atoms with E-state index in [1.165, 1.54) is 6.92 Å². The largest absolute Gasteiger partial charge is 0.480 e. The molecule has 1 fully saturated rings. The van der Waals surface area contributed by atoms with E-state index in [1.807, 2.05) is 0 Å². The van der Waals surface area contributed by atoms with Crippen LogP contribution >= 0.6 is 0 Å². The molecule has 3 amide bonds. The van der Waals surface area contributed by atoms with Crippen LogP contribution in [-0.2, 0) is 15.1 Å². The summed E-state index contributed by atoms with van der Waals surface area (Å²) in [7, 11) is 0. The Morgan fingerprint density at radius 1 is 1.30 bits per heavy atom. The number of hydrogen-bond donors (Lipinski definition) is 6. The molecule has 12 heteroatoms. The first-order valence-corrected chi connectivity index (χ1v) is 8.51. The monoisotopic (exact) mass is 384 g/mol. The maximum atomic E-state index is 12.1. The van der Waals surface area contributed by atoms with Gasteiger partial charge in [0.1, 0.15) is 6.04 Å². The molecule has 2 rings (SSSR count). The summed E-state index contributed by atoms with van der Waals surface area (Å²) in [6, 6.07) is -3.56. The first kappa shape index (κ1) is 20.6. The maximum Gasteiger partial charge on any atom is 0.328 e. The lowest BCUT2D eigenvalue weighted by atomic mass is 9.98. The number of aliphatic hydroxyl groups is 1. The van der Waals surface area contributed by atoms with Gasteiger partial charge >= 0.3 is 12.0 Å². The Labute approximate surface area is 154 Å². The molecule has 0 spiro atoms. The van der Waals surface area contributed by atoms with Gasteiger partial charge in [-0.3, -0.25) is 4.79 Å². The molecular weight excluding hydrogens is 360 g/mol. The van der Waals surface area contributed by atoms with E-state index in [0.717, 1.165) is 12.8 Å². The Balaban J connectivity index is 2.13. The standard InChI is InChI=1S/C15H24N6O6/c1-7(22)10(12(24)25)19-14(26)18-8(6-9(16)23)11-20-13(21-27-11)15(17)4-2-3-5-15/h7-8,10,22H,2-6,17H2,1H3,(H2,16,23)(H,24,25)(H2,18,19,26)/t7?,8-,10?/m0/s1. The number of amides is 3. The van der Waals surface area contributed by atoms with Gasteiger partial charge in [-0.05, 0) is 19.8 Å². The zero-order chi connectivity index (χ0) is 20.2. The van der Waals surface area contributed by atoms with Gasteiger partial charge in [0.25, 0.3) is 0 Å². The van der Waals surface area contributed by atoms with Crippen molar-refractivity contribution < 1.29 is 29.1 Å². The van der Waals surface area contributed by atoms with Crippen molar-refractivity contribution in [3.63, 3.8) is 0 Å². The summed E-state index contributed by atoms with van der Waals surface area (Å²) < 4.78 is 5.15. The number of nitrogens with zero attached hydrogens (tertiary/aromatic N) is 2. The Morgan fingerprint density at radius 2 is 1.93 bits per heavy atom. The number of carbonyl (C=O) groups excluding carboxylic acids is 2. The SMILES string of the molecule is CC(O)C(NC(=O)N[C@@H](CC(N)=O)c1nc(C2(N)CCCC2)no1)C(=O)O. The van der Waals surface area contributed by atoms with Gasteiger partial charge in [-0.2, -0.15) is 4.98 Å². The van der Waals surface area contributed by atoms with Gasteiger partial charge in [-0.15, -0.1) is 0 Å². The molecule has 0 bridgehead atoms. The van der Waals surface area contributed by atoms with Crippen LogP contribution in [-0.4, -0.2) is 50.4 Å². The second-order valence-corrected chi connectivity index (χ2v) is 6.72. The third kappa shape index (κ3) is 5.14. The zero-order valence-corrected chi connectivity index (χ0v) is 14.8. The Bertz CT molecular complexity index is 699. The third-order valence-corrected chi connectivity index (χ3v) is 4.43. The molecule has 12 nitrogen and oxygen atoms in total. The van der Waals surface area contributed by atoms with Crippen molar-refractivity contribution in [1.82, 2.24) is 20.8 Å². The van der Waals surface area contributed by atoms with E-state index in [4.69, 9.17) is 21.1 Å². The minimum absolute atomic E-state index is 0.0698. The van der Waals surface area contributed by atoms with E-state index in [2.05, 4.69) is 20.8 Å². The number of carboxylic acid groups (broad SMARTS) is 1. The van der Waals surface area contributed by atoms with Gasteiger partial charge in [-0.1, -0.05) is 18.0 Å². The van der Waals surface area contributed by atoms with Gasteiger partial charge < -0.3 is 36.8 Å². The van der Waals surface area contributed by atoms with Crippen LogP contribution in [0.2, 0.25) is 0 Å². The number of hydrogen-bond acceptors (Lipinski definition) is 8. The number of nitrogens with one attached hydrogen (secondary N) is 2. The van der Waals surface area contributed by atoms with Gasteiger partial charge in [0.05, 0.1) is 18.1 Å². The first-order valence-electron chi connectivity index (χ1n) is 8.51. The summed E-state index contributed by atoms with van der Waals surface area (Å²) in [6.07, 6.45) is 1.56. The highest BCUT2D eigenvalue weighted by Crippen LogP contribution is 2.35. The molecular formula is C15H24N6O6. The molecule has 1 aromatic heterocycles. The number of aliphatic carboxylic acids is 1. The Hall–Kier alpha value is -2.73. The summed E-state index contributed by atoms with van der Waals surface area (Å²) in [5.74, 6) is -1.95. The van der Waals surface area contributed by atoms with E-state index in [0.29, 0.717) is 12.8 Å². The molecule has 150 valence electrons. The molecule has 1 aromatic rings. The molecule has 1 saturated carbocycles. The fourth-order valence-electron chi connectivity index (χ4n) is 2.94. The summed E-state index contributed by atoms with van der Waals surface area (Å²) in [4.78, 5) is 38.7. The maximum absolute atomic E-state index is 12.1. The molecule has 0 saturated heterocycles. The van der Waals surface area contributed by atoms with Crippen molar-refractivity contribution in [2.75, 3.05) is 0 Å². The molecule has 27 heavy (non-hydrogen) atoms. The normalized spacial score (nSPS) is 19.1. The predicted octanol–water partition coefficient (Wildman–Crippen LogP) is -1.15. The van der Waals surface area contributed by atoms with Gasteiger partial charge in [0.15, 0.2) is 11.9 Å². The number of carboxylic acids is 1. The minimum atomic E-state index is -1.54. The molecule has 1 heterocycles. The van der Waals surface area contributed by atoms with Crippen LogP contribution in [0.3, 0.4) is 0 Å². The van der Waals surface area contributed by atoms with Crippen LogP contribution in [0.4, 0.5) is 4.79 Å². The Morgan fingerprint density at radius 3 is 2.44 bits per heavy atom. The number of urea groups is 1. The second-order valence-electron chi connectivity index (χ2n) is 6.72. The van der Waals surface area contributed by atoms with Crippen LogP contribution < -0.4 is 22.1 Å². The quantitative estimate of drug-likeness (QED) is 0.319. The highest BCUT2D eigenvalue weighted by molar-refractivity contribution is 5.83. The molecule has 2 unspecified atom stereocenters. The van der Waals surface area contributed by atoms with E-state index in [-0.39, 0.29) is 18.1 Å². The number of rotatable bonds is 8. The van der Waals surface area contributed by atoms with E-state index in [1.54, 1.807) is 0 Å². The fraction of sp³-hybridized carbons (Fsp3) is 0.667. The van der Waals surface area contributed by atoms with Crippen molar-refractivity contribution >= 4 is 17.9 Å². The van der Waals surface area contributed by atoms with Crippen molar-refractivity contribution in [2.45, 2.75) is 62.8 Å². The van der Waals surface area contributed by atoms with Gasteiger partial charge in [0, 0.05) is 0 Å². The highest BCUT2D eigenvalue weighted by atomic mass is 16.5. The van der Waals surface area contributed by atoms with Crippen LogP contribution in [0.5, 0.6) is 0 Å². The topological polar surface area (TPSA) is 207 Å². The average Bonchev–Trinajstić information content (AvgIpc) is 3.21. The number of nitrogens with two attached hydrogens (primary N) is 2. The summed E-state index contributed by atoms with van der Waals surface area (Å²) >= 11 is 0. The number of aromatic nitrogens is 2. The number of carbonyl (C=O) groups is 3. The van der Waals surface area contributed by atoms with Crippen molar-refractivity contribution in [2.24, 2.45) is 11.5 Å². The second kappa shape index (κ2) is 8.31. The highest BCUT2D eigenvalue weighted by Gasteiger charge is 2.37. The van der Waals surface area contributed by atoms with Crippen LogP contribution in [0.15, 0.2) is 4.52 Å². The van der Waals surface area contributed by atoms with Crippen LogP contribution in [0.25, 0.3) is 0 Å². The lowest BCUT2D eigenvalue weighted by molar-refractivity contribution is -0.141. The van der Waals surface area contributed by atoms with Crippen molar-refractivity contribution in [3.8, 4) is 0 Å². The van der Waals surface area contributed by atoms with E-state index < -0.39 is 41.6 Å². The third-order valence-electron chi connectivity index (χ3n) is 4.43. The molecule has 8 N–H and O–H groups in total. The van der Waals surface area contributed by atoms with Crippen molar-refractivity contribution in [3.05, 3.63) is 11.7 Å². The average molecular weight is 384 g/mol.